The van der Waals surface area contributed by atoms with Crippen molar-refractivity contribution in [2.75, 3.05) is 39.8 Å². The zero-order valence-corrected chi connectivity index (χ0v) is 19.2. The Bertz CT molecular complexity index is 487. The number of hydrogen-bond donors (Lipinski definition) is 3. The summed E-state index contributed by atoms with van der Waals surface area (Å²) in [5.74, 6) is 0.864. The van der Waals surface area contributed by atoms with Crippen molar-refractivity contribution in [1.82, 2.24) is 15.5 Å². The number of aliphatic imine (C=N–C) groups is 1. The van der Waals surface area contributed by atoms with Crippen molar-refractivity contribution in [3.63, 3.8) is 0 Å². The van der Waals surface area contributed by atoms with Gasteiger partial charge in [0, 0.05) is 26.1 Å². The van der Waals surface area contributed by atoms with Gasteiger partial charge in [-0.15, -0.1) is 24.0 Å². The van der Waals surface area contributed by atoms with E-state index in [1.807, 2.05) is 7.05 Å². The Hall–Kier alpha value is -0.830. The Morgan fingerprint density at radius 2 is 1.96 bits per heavy atom. The summed E-state index contributed by atoms with van der Waals surface area (Å²) in [5, 5.41) is 6.82. The number of nitrogens with two attached hydrogens (primary N) is 1. The third kappa shape index (κ3) is 9.78. The summed E-state index contributed by atoms with van der Waals surface area (Å²) in [5.41, 5.74) is 6.98. The van der Waals surface area contributed by atoms with Gasteiger partial charge in [-0.25, -0.2) is 0 Å². The molecule has 1 aliphatic carbocycles. The van der Waals surface area contributed by atoms with E-state index >= 15 is 0 Å². The number of guanidine groups is 1. The summed E-state index contributed by atoms with van der Waals surface area (Å²) in [6.45, 7) is 5.01. The minimum absolute atomic E-state index is 0. The maximum Gasteiger partial charge on any atom is 0.220 e. The molecule has 0 aromatic heterocycles. The second-order valence-electron chi connectivity index (χ2n) is 7.51. The molecule has 156 valence electrons. The SMILES string of the molecule is CN=C(NCCCCN1CCC(C(N)=O)CC1)NCCC1=CCCCC1.I. The lowest BCUT2D eigenvalue weighted by molar-refractivity contribution is -0.123. The number of nitrogens with one attached hydrogen (secondary N) is 2. The van der Waals surface area contributed by atoms with Gasteiger partial charge in [0.05, 0.1) is 0 Å². The molecular weight excluding hydrogens is 453 g/mol. The van der Waals surface area contributed by atoms with Crippen molar-refractivity contribution < 1.29 is 4.79 Å². The number of carbonyl (C=O) groups excluding carboxylic acids is 1. The largest absolute Gasteiger partial charge is 0.369 e. The van der Waals surface area contributed by atoms with Gasteiger partial charge < -0.3 is 21.3 Å². The number of hydrogen-bond acceptors (Lipinski definition) is 3. The molecule has 2 rings (SSSR count). The van der Waals surface area contributed by atoms with E-state index in [-0.39, 0.29) is 35.8 Å². The summed E-state index contributed by atoms with van der Waals surface area (Å²) in [7, 11) is 1.83. The number of piperidine rings is 1. The normalized spacial score (nSPS) is 19.1. The van der Waals surface area contributed by atoms with Crippen LogP contribution in [0.2, 0.25) is 0 Å². The summed E-state index contributed by atoms with van der Waals surface area (Å²) < 4.78 is 0. The van der Waals surface area contributed by atoms with E-state index in [1.165, 1.54) is 25.7 Å². The molecule has 1 amide bonds. The Kier molecular flexibility index (Phi) is 12.7. The Labute approximate surface area is 181 Å². The molecular formula is C20H38IN5O. The summed E-state index contributed by atoms with van der Waals surface area (Å²) in [6, 6.07) is 0. The van der Waals surface area contributed by atoms with E-state index in [4.69, 9.17) is 5.73 Å². The number of unbranched alkanes of at least 4 members (excludes halogenated alkanes) is 1. The molecule has 2 aliphatic rings. The van der Waals surface area contributed by atoms with Crippen LogP contribution in [0.1, 0.15) is 57.8 Å². The van der Waals surface area contributed by atoms with E-state index in [2.05, 4.69) is 26.6 Å². The van der Waals surface area contributed by atoms with E-state index in [9.17, 15) is 4.79 Å². The highest BCUT2D eigenvalue weighted by Crippen LogP contribution is 2.19. The summed E-state index contributed by atoms with van der Waals surface area (Å²) in [4.78, 5) is 17.9. The predicted molar refractivity (Wildman–Crippen MR) is 124 cm³/mol. The van der Waals surface area contributed by atoms with E-state index in [0.717, 1.165) is 70.8 Å². The van der Waals surface area contributed by atoms with Crippen LogP contribution in [0.3, 0.4) is 0 Å². The molecule has 1 fully saturated rings. The maximum atomic E-state index is 11.2. The van der Waals surface area contributed by atoms with Gasteiger partial charge in [0.1, 0.15) is 0 Å². The van der Waals surface area contributed by atoms with Crippen LogP contribution in [0.5, 0.6) is 0 Å². The van der Waals surface area contributed by atoms with Crippen LogP contribution in [0.15, 0.2) is 16.6 Å². The molecule has 4 N–H and O–H groups in total. The second kappa shape index (κ2) is 14.2. The van der Waals surface area contributed by atoms with Gasteiger partial charge >= 0.3 is 0 Å². The van der Waals surface area contributed by atoms with E-state index in [0.29, 0.717) is 0 Å². The Morgan fingerprint density at radius 3 is 2.59 bits per heavy atom. The topological polar surface area (TPSA) is 82.8 Å². The summed E-state index contributed by atoms with van der Waals surface area (Å²) >= 11 is 0. The number of halogens is 1. The fourth-order valence-electron chi connectivity index (χ4n) is 3.80. The maximum absolute atomic E-state index is 11.2. The highest BCUT2D eigenvalue weighted by molar-refractivity contribution is 14.0. The van der Waals surface area contributed by atoms with E-state index < -0.39 is 0 Å². The molecule has 0 saturated carbocycles. The first-order valence-corrected chi connectivity index (χ1v) is 10.3. The first-order chi connectivity index (χ1) is 12.7. The van der Waals surface area contributed by atoms with Crippen LogP contribution < -0.4 is 16.4 Å². The quantitative estimate of drug-likeness (QED) is 0.152. The van der Waals surface area contributed by atoms with Gasteiger partial charge in [0.15, 0.2) is 5.96 Å². The van der Waals surface area contributed by atoms with Crippen LogP contribution >= 0.6 is 24.0 Å². The van der Waals surface area contributed by atoms with Crippen LogP contribution in [-0.2, 0) is 4.79 Å². The zero-order valence-electron chi connectivity index (χ0n) is 16.8. The lowest BCUT2D eigenvalue weighted by Crippen LogP contribution is -2.40. The van der Waals surface area contributed by atoms with Crippen molar-refractivity contribution in [3.8, 4) is 0 Å². The Balaban J connectivity index is 0.00000364. The summed E-state index contributed by atoms with van der Waals surface area (Å²) in [6.07, 6.45) is 12.9. The number of rotatable bonds is 9. The van der Waals surface area contributed by atoms with E-state index in [1.54, 1.807) is 5.57 Å². The number of carbonyl (C=O) groups is 1. The second-order valence-corrected chi connectivity index (χ2v) is 7.51. The molecule has 0 aromatic carbocycles. The van der Waals surface area contributed by atoms with Gasteiger partial charge in [-0.2, -0.15) is 0 Å². The molecule has 0 spiro atoms. The number of likely N-dealkylation sites (tertiary alicyclic amines) is 1. The molecule has 27 heavy (non-hydrogen) atoms. The van der Waals surface area contributed by atoms with Crippen molar-refractivity contribution in [2.45, 2.75) is 57.8 Å². The van der Waals surface area contributed by atoms with Gasteiger partial charge in [0.2, 0.25) is 5.91 Å². The lowest BCUT2D eigenvalue weighted by atomic mass is 9.96. The van der Waals surface area contributed by atoms with Gasteiger partial charge in [-0.3, -0.25) is 9.79 Å². The van der Waals surface area contributed by atoms with Crippen LogP contribution in [0.4, 0.5) is 0 Å². The fraction of sp³-hybridized carbons (Fsp3) is 0.800. The third-order valence-corrected chi connectivity index (χ3v) is 5.53. The first kappa shape index (κ1) is 24.2. The smallest absolute Gasteiger partial charge is 0.220 e. The van der Waals surface area contributed by atoms with Gasteiger partial charge in [-0.05, 0) is 77.4 Å². The van der Waals surface area contributed by atoms with Crippen molar-refractivity contribution in [3.05, 3.63) is 11.6 Å². The molecule has 0 atom stereocenters. The average molecular weight is 491 g/mol. The lowest BCUT2D eigenvalue weighted by Gasteiger charge is -2.30. The minimum Gasteiger partial charge on any atom is -0.369 e. The standard InChI is InChI=1S/C20H37N5O.HI/c1-22-20(24-13-9-17-7-3-2-4-8-17)23-12-5-6-14-25-15-10-18(11-16-25)19(21)26;/h7,18H,2-6,8-16H2,1H3,(H2,21,26)(H2,22,23,24);1H. The molecule has 0 unspecified atom stereocenters. The number of primary amides is 1. The Morgan fingerprint density at radius 1 is 1.22 bits per heavy atom. The molecule has 1 aliphatic heterocycles. The highest BCUT2D eigenvalue weighted by atomic mass is 127. The van der Waals surface area contributed by atoms with Gasteiger partial charge in [-0.1, -0.05) is 11.6 Å². The van der Waals surface area contributed by atoms with Gasteiger partial charge in [0.25, 0.3) is 0 Å². The van der Waals surface area contributed by atoms with Crippen LogP contribution in [0.25, 0.3) is 0 Å². The average Bonchev–Trinajstić information content (AvgIpc) is 2.67. The molecule has 0 bridgehead atoms. The molecule has 7 heteroatoms. The minimum atomic E-state index is -0.132. The molecule has 0 radical (unpaired) electrons. The van der Waals surface area contributed by atoms with Crippen molar-refractivity contribution in [1.29, 1.82) is 0 Å². The molecule has 1 heterocycles. The number of allylic oxidation sites excluding steroid dienone is 1. The fourth-order valence-corrected chi connectivity index (χ4v) is 3.80. The van der Waals surface area contributed by atoms with Crippen LogP contribution in [0, 0.1) is 5.92 Å². The predicted octanol–water partition coefficient (Wildman–Crippen LogP) is 2.64. The molecule has 0 aromatic rings. The molecule has 6 nitrogen and oxygen atoms in total. The number of amides is 1. The van der Waals surface area contributed by atoms with Crippen LogP contribution in [-0.4, -0.2) is 56.5 Å². The molecule has 1 saturated heterocycles. The third-order valence-electron chi connectivity index (χ3n) is 5.53. The zero-order chi connectivity index (χ0) is 18.6. The highest BCUT2D eigenvalue weighted by Gasteiger charge is 2.22. The van der Waals surface area contributed by atoms with Crippen molar-refractivity contribution in [2.24, 2.45) is 16.6 Å². The number of nitrogens with zero attached hydrogens (tertiary/aromatic N) is 2. The first-order valence-electron chi connectivity index (χ1n) is 10.3. The monoisotopic (exact) mass is 491 g/mol. The van der Waals surface area contributed by atoms with Crippen molar-refractivity contribution >= 4 is 35.8 Å².